The Kier molecular flexibility index (Phi) is 5.25. The molecular formula is C23H18N4O2. The first-order chi connectivity index (χ1) is 14.2. The minimum absolute atomic E-state index is 0.424. The van der Waals surface area contributed by atoms with Crippen LogP contribution < -0.4 is 10.1 Å². The fourth-order valence-electron chi connectivity index (χ4n) is 2.80. The van der Waals surface area contributed by atoms with Crippen LogP contribution >= 0.6 is 0 Å². The first-order valence-electron chi connectivity index (χ1n) is 9.08. The van der Waals surface area contributed by atoms with Gasteiger partial charge >= 0.3 is 5.97 Å². The standard InChI is InChI=1S/C23H18N4O2/c1-16-25-21(17-5-3-2-4-6-17)15-22(26-16)27-19-7-9-20(10-8-19)29-23(28)18-11-13-24-14-12-18/h2-15H,1H3,(H,25,26,27). The second-order valence-electron chi connectivity index (χ2n) is 6.33. The predicted octanol–water partition coefficient (Wildman–Crippen LogP) is 4.81. The van der Waals surface area contributed by atoms with E-state index in [1.807, 2.05) is 55.5 Å². The van der Waals surface area contributed by atoms with E-state index in [4.69, 9.17) is 4.74 Å². The lowest BCUT2D eigenvalue weighted by Crippen LogP contribution is -2.08. The largest absolute Gasteiger partial charge is 0.423 e. The number of nitrogens with zero attached hydrogens (tertiary/aromatic N) is 3. The van der Waals surface area contributed by atoms with Crippen LogP contribution in [0.25, 0.3) is 11.3 Å². The molecule has 0 atom stereocenters. The Bertz CT molecular complexity index is 1110. The van der Waals surface area contributed by atoms with Crippen LogP contribution in [0.3, 0.4) is 0 Å². The third kappa shape index (κ3) is 4.62. The van der Waals surface area contributed by atoms with Crippen molar-refractivity contribution in [2.45, 2.75) is 6.92 Å². The van der Waals surface area contributed by atoms with Crippen LogP contribution in [0.5, 0.6) is 5.75 Å². The number of pyridine rings is 1. The molecule has 6 nitrogen and oxygen atoms in total. The number of ether oxygens (including phenoxy) is 1. The topological polar surface area (TPSA) is 77.0 Å². The van der Waals surface area contributed by atoms with Crippen LogP contribution in [0.1, 0.15) is 16.2 Å². The molecule has 0 unspecified atom stereocenters. The second-order valence-corrected chi connectivity index (χ2v) is 6.33. The number of aromatic nitrogens is 3. The minimum atomic E-state index is -0.424. The quantitative estimate of drug-likeness (QED) is 0.394. The molecule has 29 heavy (non-hydrogen) atoms. The molecule has 0 aliphatic rings. The summed E-state index contributed by atoms with van der Waals surface area (Å²) in [6, 6.07) is 22.2. The third-order valence-corrected chi connectivity index (χ3v) is 4.16. The van der Waals surface area contributed by atoms with Gasteiger partial charge < -0.3 is 10.1 Å². The Labute approximate surface area is 168 Å². The monoisotopic (exact) mass is 382 g/mol. The first-order valence-corrected chi connectivity index (χ1v) is 9.08. The third-order valence-electron chi connectivity index (χ3n) is 4.16. The van der Waals surface area contributed by atoms with Gasteiger partial charge in [-0.15, -0.1) is 0 Å². The molecule has 1 N–H and O–H groups in total. The number of esters is 1. The van der Waals surface area contributed by atoms with Gasteiger partial charge in [-0.1, -0.05) is 30.3 Å². The van der Waals surface area contributed by atoms with Crippen molar-refractivity contribution in [2.24, 2.45) is 0 Å². The maximum atomic E-state index is 12.1. The summed E-state index contributed by atoms with van der Waals surface area (Å²) in [5, 5.41) is 3.27. The van der Waals surface area contributed by atoms with Crippen LogP contribution in [0.15, 0.2) is 85.2 Å². The van der Waals surface area contributed by atoms with Crippen LogP contribution in [0.2, 0.25) is 0 Å². The highest BCUT2D eigenvalue weighted by Crippen LogP contribution is 2.23. The van der Waals surface area contributed by atoms with Crippen molar-refractivity contribution in [3.63, 3.8) is 0 Å². The summed E-state index contributed by atoms with van der Waals surface area (Å²) >= 11 is 0. The zero-order chi connectivity index (χ0) is 20.1. The van der Waals surface area contributed by atoms with Gasteiger partial charge in [-0.25, -0.2) is 14.8 Å². The summed E-state index contributed by atoms with van der Waals surface area (Å²) in [5.41, 5.74) is 3.15. The highest BCUT2D eigenvalue weighted by atomic mass is 16.5. The van der Waals surface area contributed by atoms with Gasteiger partial charge in [-0.05, 0) is 43.3 Å². The van der Waals surface area contributed by atoms with Gasteiger partial charge in [0.15, 0.2) is 0 Å². The van der Waals surface area contributed by atoms with Crippen LogP contribution in [0.4, 0.5) is 11.5 Å². The van der Waals surface area contributed by atoms with Crippen LogP contribution in [-0.2, 0) is 0 Å². The molecule has 6 heteroatoms. The molecule has 2 aromatic heterocycles. The Balaban J connectivity index is 1.48. The number of hydrogen-bond acceptors (Lipinski definition) is 6. The average Bonchev–Trinajstić information content (AvgIpc) is 2.76. The van der Waals surface area contributed by atoms with Gasteiger partial charge in [0, 0.05) is 29.7 Å². The number of aryl methyl sites for hydroxylation is 1. The molecule has 0 amide bonds. The lowest BCUT2D eigenvalue weighted by molar-refractivity contribution is 0.0734. The highest BCUT2D eigenvalue weighted by molar-refractivity contribution is 5.90. The Morgan fingerprint density at radius 2 is 1.62 bits per heavy atom. The van der Waals surface area contributed by atoms with Crippen molar-refractivity contribution >= 4 is 17.5 Å². The molecule has 0 aliphatic heterocycles. The number of rotatable bonds is 5. The van der Waals surface area contributed by atoms with Gasteiger partial charge in [-0.3, -0.25) is 4.98 Å². The summed E-state index contributed by atoms with van der Waals surface area (Å²) < 4.78 is 5.38. The maximum Gasteiger partial charge on any atom is 0.343 e. The van der Waals surface area contributed by atoms with Crippen molar-refractivity contribution in [1.29, 1.82) is 0 Å². The summed E-state index contributed by atoms with van der Waals surface area (Å²) in [6.45, 7) is 1.86. The zero-order valence-corrected chi connectivity index (χ0v) is 15.7. The van der Waals surface area contributed by atoms with E-state index in [1.165, 1.54) is 0 Å². The van der Waals surface area contributed by atoms with Crippen LogP contribution in [-0.4, -0.2) is 20.9 Å². The number of anilines is 2. The second kappa shape index (κ2) is 8.31. The lowest BCUT2D eigenvalue weighted by Gasteiger charge is -2.10. The predicted molar refractivity (Wildman–Crippen MR) is 111 cm³/mol. The van der Waals surface area contributed by atoms with Crippen molar-refractivity contribution in [3.8, 4) is 17.0 Å². The maximum absolute atomic E-state index is 12.1. The van der Waals surface area contributed by atoms with Crippen LogP contribution in [0, 0.1) is 6.92 Å². The van der Waals surface area contributed by atoms with Gasteiger partial charge in [0.25, 0.3) is 0 Å². The summed E-state index contributed by atoms with van der Waals surface area (Å²) in [6.07, 6.45) is 3.11. The fraction of sp³-hybridized carbons (Fsp3) is 0.0435. The van der Waals surface area contributed by atoms with E-state index in [0.717, 1.165) is 16.9 Å². The van der Waals surface area contributed by atoms with Crippen molar-refractivity contribution in [3.05, 3.63) is 96.6 Å². The number of nitrogens with one attached hydrogen (secondary N) is 1. The van der Waals surface area contributed by atoms with Gasteiger partial charge in [0.05, 0.1) is 11.3 Å². The number of benzene rings is 2. The number of carbonyl (C=O) groups is 1. The van der Waals surface area contributed by atoms with E-state index in [2.05, 4.69) is 20.3 Å². The molecular weight excluding hydrogens is 364 g/mol. The molecule has 0 saturated heterocycles. The van der Waals surface area contributed by atoms with Crippen molar-refractivity contribution in [2.75, 3.05) is 5.32 Å². The highest BCUT2D eigenvalue weighted by Gasteiger charge is 2.09. The van der Waals surface area contributed by atoms with E-state index in [9.17, 15) is 4.79 Å². The molecule has 4 rings (SSSR count). The Hall–Kier alpha value is -4.06. The zero-order valence-electron chi connectivity index (χ0n) is 15.7. The average molecular weight is 382 g/mol. The Morgan fingerprint density at radius 1 is 0.897 bits per heavy atom. The molecule has 0 fully saturated rings. The molecule has 2 aromatic carbocycles. The molecule has 0 spiro atoms. The number of carbonyl (C=O) groups excluding carboxylic acids is 1. The molecule has 0 aliphatic carbocycles. The fourth-order valence-corrected chi connectivity index (χ4v) is 2.80. The molecule has 142 valence electrons. The lowest BCUT2D eigenvalue weighted by atomic mass is 10.1. The number of hydrogen-bond donors (Lipinski definition) is 1. The van der Waals surface area contributed by atoms with E-state index >= 15 is 0 Å². The normalized spacial score (nSPS) is 10.4. The van der Waals surface area contributed by atoms with E-state index in [1.54, 1.807) is 36.7 Å². The first kappa shape index (κ1) is 18.3. The molecule has 0 bridgehead atoms. The summed E-state index contributed by atoms with van der Waals surface area (Å²) in [4.78, 5) is 25.0. The molecule has 0 radical (unpaired) electrons. The Morgan fingerprint density at radius 3 is 2.34 bits per heavy atom. The molecule has 2 heterocycles. The molecule has 4 aromatic rings. The van der Waals surface area contributed by atoms with Gasteiger partial charge in [-0.2, -0.15) is 0 Å². The van der Waals surface area contributed by atoms with Crippen molar-refractivity contribution in [1.82, 2.24) is 15.0 Å². The summed E-state index contributed by atoms with van der Waals surface area (Å²) in [7, 11) is 0. The summed E-state index contributed by atoms with van der Waals surface area (Å²) in [5.74, 6) is 1.41. The minimum Gasteiger partial charge on any atom is -0.423 e. The van der Waals surface area contributed by atoms with Crippen molar-refractivity contribution < 1.29 is 9.53 Å². The van der Waals surface area contributed by atoms with E-state index in [0.29, 0.717) is 23.0 Å². The molecule has 0 saturated carbocycles. The van der Waals surface area contributed by atoms with E-state index < -0.39 is 5.97 Å². The van der Waals surface area contributed by atoms with Gasteiger partial charge in [0.2, 0.25) is 0 Å². The SMILES string of the molecule is Cc1nc(Nc2ccc(OC(=O)c3ccncc3)cc2)cc(-c2ccccc2)n1. The van der Waals surface area contributed by atoms with E-state index in [-0.39, 0.29) is 0 Å². The van der Waals surface area contributed by atoms with Gasteiger partial charge in [0.1, 0.15) is 17.4 Å². The smallest absolute Gasteiger partial charge is 0.343 e.